The first-order valence-corrected chi connectivity index (χ1v) is 5.61. The predicted octanol–water partition coefficient (Wildman–Crippen LogP) is 1.83. The molecule has 3 nitrogen and oxygen atoms in total. The van der Waals surface area contributed by atoms with Gasteiger partial charge in [0.25, 0.3) is 0 Å². The fraction of sp³-hybridized carbons (Fsp3) is 0.444. The standard InChI is InChI=1S/C9H11BrClNO2/c1-5-2-3-6(9(11)12-5)8(14)7(13)4-10/h2-3,7-8,13-14H,4H2,1H3. The van der Waals surface area contributed by atoms with Gasteiger partial charge in [0.05, 0.1) is 6.10 Å². The maximum absolute atomic E-state index is 9.66. The van der Waals surface area contributed by atoms with Crippen LogP contribution in [0.4, 0.5) is 0 Å². The zero-order valence-electron chi connectivity index (χ0n) is 7.61. The Morgan fingerprint density at radius 2 is 2.14 bits per heavy atom. The smallest absolute Gasteiger partial charge is 0.135 e. The summed E-state index contributed by atoms with van der Waals surface area (Å²) in [5.41, 5.74) is 1.23. The highest BCUT2D eigenvalue weighted by Gasteiger charge is 2.20. The molecule has 78 valence electrons. The van der Waals surface area contributed by atoms with Gasteiger partial charge < -0.3 is 10.2 Å². The van der Waals surface area contributed by atoms with Crippen LogP contribution in [0.5, 0.6) is 0 Å². The molecule has 1 aromatic heterocycles. The van der Waals surface area contributed by atoms with Gasteiger partial charge in [0.2, 0.25) is 0 Å². The van der Waals surface area contributed by atoms with Crippen LogP contribution in [0, 0.1) is 6.92 Å². The van der Waals surface area contributed by atoms with E-state index in [4.69, 9.17) is 11.6 Å². The van der Waals surface area contributed by atoms with Crippen LogP contribution in [0.3, 0.4) is 0 Å². The second-order valence-electron chi connectivity index (χ2n) is 3.00. The van der Waals surface area contributed by atoms with Crippen molar-refractivity contribution >= 4 is 27.5 Å². The highest BCUT2D eigenvalue weighted by molar-refractivity contribution is 9.09. The number of halogens is 2. The molecule has 0 saturated carbocycles. The highest BCUT2D eigenvalue weighted by atomic mass is 79.9. The van der Waals surface area contributed by atoms with Crippen LogP contribution in [0.2, 0.25) is 5.15 Å². The van der Waals surface area contributed by atoms with Crippen molar-refractivity contribution in [3.8, 4) is 0 Å². The Bertz CT molecular complexity index is 322. The molecule has 0 aliphatic rings. The number of rotatable bonds is 3. The monoisotopic (exact) mass is 279 g/mol. The van der Waals surface area contributed by atoms with Crippen molar-refractivity contribution in [2.75, 3.05) is 5.33 Å². The fourth-order valence-corrected chi connectivity index (χ4v) is 1.71. The van der Waals surface area contributed by atoms with E-state index in [1.807, 2.05) is 6.92 Å². The number of alkyl halides is 1. The van der Waals surface area contributed by atoms with E-state index in [9.17, 15) is 10.2 Å². The first kappa shape index (κ1) is 11.9. The average Bonchev–Trinajstić information content (AvgIpc) is 2.15. The molecule has 1 aromatic rings. The number of aromatic nitrogens is 1. The molecule has 0 amide bonds. The third-order valence-corrected chi connectivity index (χ3v) is 2.82. The van der Waals surface area contributed by atoms with Gasteiger partial charge in [0, 0.05) is 16.6 Å². The minimum atomic E-state index is -1.00. The lowest BCUT2D eigenvalue weighted by molar-refractivity contribution is 0.0341. The highest BCUT2D eigenvalue weighted by Crippen LogP contribution is 2.24. The molecule has 14 heavy (non-hydrogen) atoms. The van der Waals surface area contributed by atoms with Crippen LogP contribution in [-0.4, -0.2) is 26.6 Å². The lowest BCUT2D eigenvalue weighted by Crippen LogP contribution is -2.20. The Morgan fingerprint density at radius 3 is 2.64 bits per heavy atom. The molecule has 0 bridgehead atoms. The van der Waals surface area contributed by atoms with E-state index in [2.05, 4.69) is 20.9 Å². The molecule has 0 radical (unpaired) electrons. The van der Waals surface area contributed by atoms with Crippen LogP contribution < -0.4 is 0 Å². The maximum atomic E-state index is 9.66. The van der Waals surface area contributed by atoms with Crippen LogP contribution in [0.15, 0.2) is 12.1 Å². The van der Waals surface area contributed by atoms with Crippen molar-refractivity contribution in [3.05, 3.63) is 28.5 Å². The molecule has 2 atom stereocenters. The second-order valence-corrected chi connectivity index (χ2v) is 4.00. The van der Waals surface area contributed by atoms with Crippen molar-refractivity contribution in [1.82, 2.24) is 4.98 Å². The van der Waals surface area contributed by atoms with Gasteiger partial charge in [-0.3, -0.25) is 0 Å². The Balaban J connectivity index is 2.95. The Kier molecular flexibility index (Phi) is 4.31. The SMILES string of the molecule is Cc1ccc(C(O)C(O)CBr)c(Cl)n1. The summed E-state index contributed by atoms with van der Waals surface area (Å²) in [4.78, 5) is 3.99. The van der Waals surface area contributed by atoms with E-state index in [1.165, 1.54) is 0 Å². The van der Waals surface area contributed by atoms with Crippen molar-refractivity contribution in [3.63, 3.8) is 0 Å². The van der Waals surface area contributed by atoms with Crippen molar-refractivity contribution in [2.24, 2.45) is 0 Å². The first-order chi connectivity index (χ1) is 6.56. The molecule has 0 aromatic carbocycles. The van der Waals surface area contributed by atoms with Crippen LogP contribution in [-0.2, 0) is 0 Å². The normalized spacial score (nSPS) is 15.2. The van der Waals surface area contributed by atoms with Crippen molar-refractivity contribution in [1.29, 1.82) is 0 Å². The summed E-state index contributed by atoms with van der Waals surface area (Å²) in [5.74, 6) is 0. The molecule has 1 rings (SSSR count). The summed E-state index contributed by atoms with van der Waals surface area (Å²) >= 11 is 8.91. The molecular formula is C9H11BrClNO2. The lowest BCUT2D eigenvalue weighted by Gasteiger charge is -2.16. The summed E-state index contributed by atoms with van der Waals surface area (Å²) in [5, 5.41) is 19.6. The van der Waals surface area contributed by atoms with Crippen LogP contribution in [0.1, 0.15) is 17.4 Å². The van der Waals surface area contributed by atoms with Gasteiger partial charge in [-0.15, -0.1) is 0 Å². The molecule has 0 spiro atoms. The third kappa shape index (κ3) is 2.67. The van der Waals surface area contributed by atoms with Crippen LogP contribution in [0.25, 0.3) is 0 Å². The quantitative estimate of drug-likeness (QED) is 0.656. The molecule has 0 aliphatic heterocycles. The number of nitrogens with zero attached hydrogens (tertiary/aromatic N) is 1. The molecule has 1 heterocycles. The van der Waals surface area contributed by atoms with E-state index >= 15 is 0 Å². The molecule has 2 N–H and O–H groups in total. The van der Waals surface area contributed by atoms with E-state index in [0.717, 1.165) is 5.69 Å². The van der Waals surface area contributed by atoms with E-state index in [1.54, 1.807) is 12.1 Å². The fourth-order valence-electron chi connectivity index (χ4n) is 1.05. The number of aliphatic hydroxyl groups is 2. The number of aliphatic hydroxyl groups excluding tert-OH is 2. The molecular weight excluding hydrogens is 269 g/mol. The second kappa shape index (κ2) is 5.07. The van der Waals surface area contributed by atoms with E-state index in [0.29, 0.717) is 10.9 Å². The topological polar surface area (TPSA) is 53.4 Å². The number of aryl methyl sites for hydroxylation is 1. The molecule has 0 saturated heterocycles. The summed E-state index contributed by atoms with van der Waals surface area (Å²) in [6, 6.07) is 3.41. The van der Waals surface area contributed by atoms with Gasteiger partial charge in [0.1, 0.15) is 11.3 Å². The zero-order chi connectivity index (χ0) is 10.7. The summed E-state index contributed by atoms with van der Waals surface area (Å²) < 4.78 is 0. The number of hydrogen-bond donors (Lipinski definition) is 2. The lowest BCUT2D eigenvalue weighted by atomic mass is 10.1. The maximum Gasteiger partial charge on any atom is 0.135 e. The predicted molar refractivity (Wildman–Crippen MR) is 58.7 cm³/mol. The van der Waals surface area contributed by atoms with Crippen molar-refractivity contribution in [2.45, 2.75) is 19.1 Å². The molecule has 5 heteroatoms. The van der Waals surface area contributed by atoms with Gasteiger partial charge >= 0.3 is 0 Å². The Labute approximate surface area is 95.9 Å². The van der Waals surface area contributed by atoms with Gasteiger partial charge in [0.15, 0.2) is 0 Å². The third-order valence-electron chi connectivity index (χ3n) is 1.86. The van der Waals surface area contributed by atoms with E-state index in [-0.39, 0.29) is 5.15 Å². The Morgan fingerprint density at radius 1 is 1.50 bits per heavy atom. The molecule has 2 unspecified atom stereocenters. The molecule has 0 aliphatic carbocycles. The summed E-state index contributed by atoms with van der Waals surface area (Å²) in [6.07, 6.45) is -1.88. The number of pyridine rings is 1. The Hall–Kier alpha value is -0.160. The minimum Gasteiger partial charge on any atom is -0.389 e. The van der Waals surface area contributed by atoms with Crippen LogP contribution >= 0.6 is 27.5 Å². The van der Waals surface area contributed by atoms with Gasteiger partial charge in [-0.2, -0.15) is 0 Å². The summed E-state index contributed by atoms with van der Waals surface area (Å²) in [7, 11) is 0. The average molecular weight is 281 g/mol. The first-order valence-electron chi connectivity index (χ1n) is 4.11. The van der Waals surface area contributed by atoms with Gasteiger partial charge in [-0.1, -0.05) is 33.6 Å². The summed E-state index contributed by atoms with van der Waals surface area (Å²) in [6.45, 7) is 1.81. The van der Waals surface area contributed by atoms with Crippen molar-refractivity contribution < 1.29 is 10.2 Å². The minimum absolute atomic E-state index is 0.234. The largest absolute Gasteiger partial charge is 0.389 e. The number of hydrogen-bond acceptors (Lipinski definition) is 3. The zero-order valence-corrected chi connectivity index (χ0v) is 9.96. The molecule has 0 fully saturated rings. The van der Waals surface area contributed by atoms with Gasteiger partial charge in [-0.25, -0.2) is 4.98 Å². The van der Waals surface area contributed by atoms with E-state index < -0.39 is 12.2 Å². The van der Waals surface area contributed by atoms with Gasteiger partial charge in [-0.05, 0) is 13.0 Å².